The number of aromatic nitrogens is 1. The topological polar surface area (TPSA) is 4.93 Å². The van der Waals surface area contributed by atoms with Gasteiger partial charge in [-0.1, -0.05) is 146 Å². The molecule has 3 heterocycles. The Morgan fingerprint density at radius 3 is 1.84 bits per heavy atom. The fraction of sp³-hybridized carbons (Fsp3) is 0. The van der Waals surface area contributed by atoms with Crippen LogP contribution in [0.15, 0.2) is 176 Å². The lowest BCUT2D eigenvalue weighted by atomic mass is 9.94. The monoisotopic (exact) mass is 683 g/mol. The molecule has 0 aliphatic carbocycles. The van der Waals surface area contributed by atoms with Gasteiger partial charge in [0.1, 0.15) is 0 Å². The molecule has 8 aromatic carbocycles. The van der Waals surface area contributed by atoms with E-state index >= 15 is 0 Å². The second-order valence-electron chi connectivity index (χ2n) is 13.2. The van der Waals surface area contributed by atoms with Crippen LogP contribution < -0.4 is 0 Å². The first-order chi connectivity index (χ1) is 25.3. The summed E-state index contributed by atoms with van der Waals surface area (Å²) in [5.41, 5.74) is 11.2. The summed E-state index contributed by atoms with van der Waals surface area (Å²) in [5, 5.41) is 7.82. The quantitative estimate of drug-likeness (QED) is 0.174. The summed E-state index contributed by atoms with van der Waals surface area (Å²) in [6.45, 7) is 0. The van der Waals surface area contributed by atoms with Gasteiger partial charge in [0.2, 0.25) is 0 Å². The van der Waals surface area contributed by atoms with Crippen LogP contribution in [0.5, 0.6) is 0 Å². The zero-order valence-corrected chi connectivity index (χ0v) is 29.1. The number of para-hydroxylation sites is 1. The second-order valence-corrected chi connectivity index (χ2v) is 15.4. The molecule has 51 heavy (non-hydrogen) atoms. The number of benzene rings is 8. The minimum Gasteiger partial charge on any atom is -0.308 e. The Morgan fingerprint density at radius 1 is 0.333 bits per heavy atom. The van der Waals surface area contributed by atoms with E-state index in [0.29, 0.717) is 0 Å². The molecule has 0 saturated heterocycles. The third-order valence-electron chi connectivity index (χ3n) is 10.4. The zero-order valence-electron chi connectivity index (χ0n) is 27.5. The predicted molar refractivity (Wildman–Crippen MR) is 223 cm³/mol. The molecule has 3 aromatic heterocycles. The Bertz CT molecular complexity index is 3130. The standard InChI is InChI=1S/C48H29NS2/c1-3-12-30(13-4-1)32-22-24-37-36-16-7-9-19-41(36)49(43(37)28-32)42-20-11-18-40-46-34(26-27-35(48(46)51-47(40)42)31-14-5-2-6-15-31)33-23-25-39-38-17-8-10-21-44(38)50-45(39)29-33/h1-29H. The van der Waals surface area contributed by atoms with Crippen molar-refractivity contribution in [2.24, 2.45) is 0 Å². The van der Waals surface area contributed by atoms with Crippen LogP contribution in [-0.2, 0) is 0 Å². The number of thiophene rings is 2. The third-order valence-corrected chi connectivity index (χ3v) is 12.8. The molecule has 0 spiro atoms. The molecule has 0 N–H and O–H groups in total. The molecule has 0 atom stereocenters. The van der Waals surface area contributed by atoms with Crippen molar-refractivity contribution in [2.75, 3.05) is 0 Å². The Morgan fingerprint density at radius 2 is 0.980 bits per heavy atom. The molecule has 11 rings (SSSR count). The van der Waals surface area contributed by atoms with Gasteiger partial charge in [-0.05, 0) is 63.7 Å². The number of rotatable bonds is 4. The lowest BCUT2D eigenvalue weighted by Gasteiger charge is -2.11. The fourth-order valence-corrected chi connectivity index (χ4v) is 10.6. The number of fused-ring (bicyclic) bond motifs is 9. The first kappa shape index (κ1) is 28.8. The molecule has 0 amide bonds. The van der Waals surface area contributed by atoms with Crippen molar-refractivity contribution in [1.29, 1.82) is 0 Å². The van der Waals surface area contributed by atoms with Gasteiger partial charge >= 0.3 is 0 Å². The molecule has 0 fully saturated rings. The van der Waals surface area contributed by atoms with Crippen LogP contribution in [-0.4, -0.2) is 4.57 Å². The molecule has 0 unspecified atom stereocenters. The van der Waals surface area contributed by atoms with Gasteiger partial charge in [-0.15, -0.1) is 22.7 Å². The first-order valence-corrected chi connectivity index (χ1v) is 19.0. The van der Waals surface area contributed by atoms with Gasteiger partial charge in [-0.25, -0.2) is 0 Å². The van der Waals surface area contributed by atoms with Crippen LogP contribution in [0.25, 0.3) is 101 Å². The van der Waals surface area contributed by atoms with Crippen LogP contribution in [0.1, 0.15) is 0 Å². The van der Waals surface area contributed by atoms with Crippen LogP contribution in [0.4, 0.5) is 0 Å². The molecule has 11 aromatic rings. The van der Waals surface area contributed by atoms with Gasteiger partial charge in [0.15, 0.2) is 0 Å². The zero-order chi connectivity index (χ0) is 33.5. The smallest absolute Gasteiger partial charge is 0.0640 e. The van der Waals surface area contributed by atoms with Crippen LogP contribution in [0.3, 0.4) is 0 Å². The van der Waals surface area contributed by atoms with Crippen molar-refractivity contribution in [3.63, 3.8) is 0 Å². The van der Waals surface area contributed by atoms with Crippen molar-refractivity contribution in [1.82, 2.24) is 4.57 Å². The highest BCUT2D eigenvalue weighted by molar-refractivity contribution is 7.27. The van der Waals surface area contributed by atoms with Crippen LogP contribution in [0, 0.1) is 0 Å². The molecule has 0 aliphatic heterocycles. The van der Waals surface area contributed by atoms with Gasteiger partial charge < -0.3 is 4.57 Å². The van der Waals surface area contributed by atoms with E-state index in [0.717, 1.165) is 0 Å². The van der Waals surface area contributed by atoms with E-state index in [9.17, 15) is 0 Å². The SMILES string of the molecule is c1ccc(-c2ccc3c4ccccc4n(-c4cccc5c4sc4c(-c6ccccc6)ccc(-c6ccc7c(c6)sc6ccccc67)c45)c3c2)cc1. The molecule has 0 radical (unpaired) electrons. The Hall–Kier alpha value is -6.00. The van der Waals surface area contributed by atoms with E-state index in [4.69, 9.17) is 0 Å². The molecule has 0 aliphatic rings. The van der Waals surface area contributed by atoms with Crippen LogP contribution in [0.2, 0.25) is 0 Å². The number of hydrogen-bond donors (Lipinski definition) is 0. The van der Waals surface area contributed by atoms with E-state index in [1.54, 1.807) is 0 Å². The van der Waals surface area contributed by atoms with E-state index in [-0.39, 0.29) is 0 Å². The van der Waals surface area contributed by atoms with Crippen molar-refractivity contribution in [3.05, 3.63) is 176 Å². The average molecular weight is 684 g/mol. The minimum absolute atomic E-state index is 1.22. The maximum absolute atomic E-state index is 2.50. The van der Waals surface area contributed by atoms with E-state index < -0.39 is 0 Å². The van der Waals surface area contributed by atoms with E-state index in [2.05, 4.69) is 180 Å². The molecular weight excluding hydrogens is 655 g/mol. The van der Waals surface area contributed by atoms with Crippen LogP contribution >= 0.6 is 22.7 Å². The Labute approximate surface area is 302 Å². The molecule has 1 nitrogen and oxygen atoms in total. The highest BCUT2D eigenvalue weighted by Gasteiger charge is 2.21. The van der Waals surface area contributed by atoms with Crippen molar-refractivity contribution >= 4 is 84.8 Å². The second kappa shape index (κ2) is 11.3. The summed E-state index contributed by atoms with van der Waals surface area (Å²) in [6.07, 6.45) is 0. The lowest BCUT2D eigenvalue weighted by molar-refractivity contribution is 1.20. The van der Waals surface area contributed by atoms with Crippen molar-refractivity contribution in [2.45, 2.75) is 0 Å². The lowest BCUT2D eigenvalue weighted by Crippen LogP contribution is -1.94. The third kappa shape index (κ3) is 4.39. The Kier molecular flexibility index (Phi) is 6.36. The first-order valence-electron chi connectivity index (χ1n) is 17.3. The summed E-state index contributed by atoms with van der Waals surface area (Å²) in [5.74, 6) is 0. The summed E-state index contributed by atoms with van der Waals surface area (Å²) in [6, 6.07) is 64.8. The number of nitrogens with zero attached hydrogens (tertiary/aromatic N) is 1. The van der Waals surface area contributed by atoms with Gasteiger partial charge in [-0.2, -0.15) is 0 Å². The van der Waals surface area contributed by atoms with E-state index in [1.807, 2.05) is 22.7 Å². The van der Waals surface area contributed by atoms with Gasteiger partial charge in [0.25, 0.3) is 0 Å². The summed E-state index contributed by atoms with van der Waals surface area (Å²) >= 11 is 3.81. The van der Waals surface area contributed by atoms with Crippen molar-refractivity contribution < 1.29 is 0 Å². The minimum atomic E-state index is 1.22. The largest absolute Gasteiger partial charge is 0.308 e. The summed E-state index contributed by atoms with van der Waals surface area (Å²) in [7, 11) is 0. The Balaban J connectivity index is 1.22. The average Bonchev–Trinajstić information content (AvgIpc) is 3.88. The highest BCUT2D eigenvalue weighted by atomic mass is 32.1. The molecule has 0 bridgehead atoms. The fourth-order valence-electron chi connectivity index (χ4n) is 8.08. The normalized spacial score (nSPS) is 11.9. The summed E-state index contributed by atoms with van der Waals surface area (Å²) in [4.78, 5) is 0. The maximum Gasteiger partial charge on any atom is 0.0640 e. The molecule has 0 saturated carbocycles. The highest BCUT2D eigenvalue weighted by Crippen LogP contribution is 2.48. The molecule has 3 heteroatoms. The summed E-state index contributed by atoms with van der Waals surface area (Å²) < 4.78 is 7.78. The van der Waals surface area contributed by atoms with Gasteiger partial charge in [0, 0.05) is 46.4 Å². The van der Waals surface area contributed by atoms with Crippen molar-refractivity contribution in [3.8, 4) is 39.1 Å². The molecular formula is C48H29NS2. The molecule has 238 valence electrons. The number of hydrogen-bond acceptors (Lipinski definition) is 2. The van der Waals surface area contributed by atoms with E-state index in [1.165, 1.54) is 101 Å². The predicted octanol–water partition coefficient (Wildman–Crippen LogP) is 14.5. The van der Waals surface area contributed by atoms with Gasteiger partial charge in [0.05, 0.1) is 21.4 Å². The van der Waals surface area contributed by atoms with Gasteiger partial charge in [-0.3, -0.25) is 0 Å². The maximum atomic E-state index is 2.50.